The molecule has 0 bridgehead atoms. The van der Waals surface area contributed by atoms with E-state index in [-0.39, 0.29) is 11.2 Å². The highest BCUT2D eigenvalue weighted by molar-refractivity contribution is 7.71. The van der Waals surface area contributed by atoms with Gasteiger partial charge in [-0.2, -0.15) is 13.2 Å². The van der Waals surface area contributed by atoms with Crippen molar-refractivity contribution in [1.82, 2.24) is 9.97 Å². The van der Waals surface area contributed by atoms with Gasteiger partial charge in [-0.15, -0.1) is 0 Å². The second-order valence-electron chi connectivity index (χ2n) is 3.97. The van der Waals surface area contributed by atoms with Gasteiger partial charge in [-0.3, -0.25) is 9.78 Å². The van der Waals surface area contributed by atoms with E-state index in [4.69, 9.17) is 12.2 Å². The molecular formula is C12H9F3N2OS. The van der Waals surface area contributed by atoms with Crippen molar-refractivity contribution in [2.45, 2.75) is 12.6 Å². The minimum Gasteiger partial charge on any atom is -0.338 e. The van der Waals surface area contributed by atoms with E-state index >= 15 is 0 Å². The lowest BCUT2D eigenvalue weighted by Gasteiger charge is -2.08. The predicted molar refractivity (Wildman–Crippen MR) is 66.5 cm³/mol. The Bertz CT molecular complexity index is 703. The summed E-state index contributed by atoms with van der Waals surface area (Å²) in [5, 5.41) is 0. The van der Waals surface area contributed by atoms with Gasteiger partial charge in [-0.05, 0) is 23.8 Å². The van der Waals surface area contributed by atoms with E-state index in [0.29, 0.717) is 11.1 Å². The first kappa shape index (κ1) is 13.5. The summed E-state index contributed by atoms with van der Waals surface area (Å²) in [4.78, 5) is 16.6. The second kappa shape index (κ2) is 5.00. The predicted octanol–water partition coefficient (Wildman–Crippen LogP) is 3.04. The number of aromatic nitrogens is 2. The number of aromatic amines is 2. The van der Waals surface area contributed by atoms with Gasteiger partial charge in [0.05, 0.1) is 5.56 Å². The summed E-state index contributed by atoms with van der Waals surface area (Å²) < 4.78 is 37.8. The first-order valence-corrected chi connectivity index (χ1v) is 5.74. The van der Waals surface area contributed by atoms with E-state index in [1.54, 1.807) is 0 Å². The Morgan fingerprint density at radius 3 is 2.63 bits per heavy atom. The third-order valence-electron chi connectivity index (χ3n) is 2.55. The van der Waals surface area contributed by atoms with Crippen LogP contribution in [-0.2, 0) is 12.6 Å². The highest BCUT2D eigenvalue weighted by Crippen LogP contribution is 2.29. The van der Waals surface area contributed by atoms with Crippen LogP contribution in [0.5, 0.6) is 0 Å². The summed E-state index contributed by atoms with van der Waals surface area (Å²) in [6.07, 6.45) is -2.88. The van der Waals surface area contributed by atoms with E-state index in [2.05, 4.69) is 9.97 Å². The van der Waals surface area contributed by atoms with Crippen molar-refractivity contribution >= 4 is 12.2 Å². The molecule has 0 unspecified atom stereocenters. The standard InChI is InChI=1S/C12H9F3N2OS/c13-12(14,15)9-3-1-2-7(5-9)4-8-6-16-11(19)17-10(8)18/h1-3,5-6H,4H2,(H2,16,17,18,19). The molecule has 0 saturated carbocycles. The average Bonchev–Trinajstić information content (AvgIpc) is 2.32. The van der Waals surface area contributed by atoms with Gasteiger partial charge in [0.25, 0.3) is 5.56 Å². The monoisotopic (exact) mass is 286 g/mol. The van der Waals surface area contributed by atoms with Crippen LogP contribution in [0.15, 0.2) is 35.3 Å². The van der Waals surface area contributed by atoms with Crippen LogP contribution in [-0.4, -0.2) is 9.97 Å². The summed E-state index contributed by atoms with van der Waals surface area (Å²) in [6, 6.07) is 4.88. The number of H-pyrrole nitrogens is 2. The van der Waals surface area contributed by atoms with E-state index < -0.39 is 17.3 Å². The number of nitrogens with one attached hydrogen (secondary N) is 2. The van der Waals surface area contributed by atoms with Crippen LogP contribution in [0.25, 0.3) is 0 Å². The molecule has 0 aliphatic carbocycles. The van der Waals surface area contributed by atoms with Crippen molar-refractivity contribution in [2.75, 3.05) is 0 Å². The molecule has 1 heterocycles. The van der Waals surface area contributed by atoms with Crippen LogP contribution >= 0.6 is 12.2 Å². The Morgan fingerprint density at radius 2 is 2.00 bits per heavy atom. The Balaban J connectivity index is 2.34. The summed E-state index contributed by atoms with van der Waals surface area (Å²) in [6.45, 7) is 0. The van der Waals surface area contributed by atoms with E-state index in [1.807, 2.05) is 0 Å². The quantitative estimate of drug-likeness (QED) is 0.834. The minimum atomic E-state index is -4.39. The van der Waals surface area contributed by atoms with Crippen molar-refractivity contribution in [3.8, 4) is 0 Å². The highest BCUT2D eigenvalue weighted by atomic mass is 32.1. The van der Waals surface area contributed by atoms with Gasteiger partial charge in [0.1, 0.15) is 0 Å². The van der Waals surface area contributed by atoms with Gasteiger partial charge >= 0.3 is 6.18 Å². The molecule has 0 spiro atoms. The summed E-state index contributed by atoms with van der Waals surface area (Å²) in [7, 11) is 0. The second-order valence-corrected chi connectivity index (χ2v) is 4.38. The van der Waals surface area contributed by atoms with Gasteiger partial charge in [-0.1, -0.05) is 18.2 Å². The third-order valence-corrected chi connectivity index (χ3v) is 2.77. The Labute approximate surface area is 111 Å². The maximum atomic E-state index is 12.6. The van der Waals surface area contributed by atoms with Gasteiger partial charge < -0.3 is 4.98 Å². The molecule has 0 atom stereocenters. The zero-order valence-electron chi connectivity index (χ0n) is 9.54. The lowest BCUT2D eigenvalue weighted by atomic mass is 10.0. The average molecular weight is 286 g/mol. The fraction of sp³-hybridized carbons (Fsp3) is 0.167. The van der Waals surface area contributed by atoms with Crippen LogP contribution in [0.2, 0.25) is 0 Å². The zero-order valence-corrected chi connectivity index (χ0v) is 10.4. The summed E-state index contributed by atoms with van der Waals surface area (Å²) in [5.74, 6) is 0. The van der Waals surface area contributed by atoms with Crippen molar-refractivity contribution < 1.29 is 13.2 Å². The molecule has 0 aliphatic heterocycles. The Kier molecular flexibility index (Phi) is 3.57. The molecule has 100 valence electrons. The summed E-state index contributed by atoms with van der Waals surface area (Å²) >= 11 is 4.73. The van der Waals surface area contributed by atoms with Crippen LogP contribution in [0.4, 0.5) is 13.2 Å². The van der Waals surface area contributed by atoms with Crippen LogP contribution in [0.1, 0.15) is 16.7 Å². The molecule has 0 saturated heterocycles. The van der Waals surface area contributed by atoms with Crippen LogP contribution < -0.4 is 5.56 Å². The lowest BCUT2D eigenvalue weighted by molar-refractivity contribution is -0.137. The van der Waals surface area contributed by atoms with E-state index in [9.17, 15) is 18.0 Å². The van der Waals surface area contributed by atoms with Gasteiger partial charge in [0, 0.05) is 18.2 Å². The van der Waals surface area contributed by atoms with Gasteiger partial charge in [0.2, 0.25) is 0 Å². The molecule has 2 rings (SSSR count). The smallest absolute Gasteiger partial charge is 0.338 e. The van der Waals surface area contributed by atoms with Crippen molar-refractivity contribution in [2.24, 2.45) is 0 Å². The van der Waals surface area contributed by atoms with Gasteiger partial charge in [0.15, 0.2) is 4.77 Å². The number of rotatable bonds is 2. The third kappa shape index (κ3) is 3.31. The molecule has 0 fully saturated rings. The zero-order chi connectivity index (χ0) is 14.0. The number of hydrogen-bond acceptors (Lipinski definition) is 2. The summed E-state index contributed by atoms with van der Waals surface area (Å²) in [5.41, 5.74) is -0.398. The van der Waals surface area contributed by atoms with Crippen LogP contribution in [0, 0.1) is 4.77 Å². The fourth-order valence-electron chi connectivity index (χ4n) is 1.65. The van der Waals surface area contributed by atoms with Crippen LogP contribution in [0.3, 0.4) is 0 Å². The molecule has 1 aromatic heterocycles. The molecule has 3 nitrogen and oxygen atoms in total. The first-order valence-electron chi connectivity index (χ1n) is 5.33. The lowest BCUT2D eigenvalue weighted by Crippen LogP contribution is -2.14. The number of hydrogen-bond donors (Lipinski definition) is 2. The topological polar surface area (TPSA) is 48.6 Å². The molecule has 2 N–H and O–H groups in total. The molecule has 7 heteroatoms. The number of halogens is 3. The Morgan fingerprint density at radius 1 is 1.26 bits per heavy atom. The van der Waals surface area contributed by atoms with Crippen molar-refractivity contribution in [1.29, 1.82) is 0 Å². The highest BCUT2D eigenvalue weighted by Gasteiger charge is 2.30. The van der Waals surface area contributed by atoms with Crippen molar-refractivity contribution in [3.05, 3.63) is 62.3 Å². The molecule has 0 aliphatic rings. The molecule has 0 amide bonds. The maximum Gasteiger partial charge on any atom is 0.416 e. The Hall–Kier alpha value is -1.89. The first-order chi connectivity index (χ1) is 8.86. The molecule has 2 aromatic rings. The molecule has 19 heavy (non-hydrogen) atoms. The fourth-order valence-corrected chi connectivity index (χ4v) is 1.80. The van der Waals surface area contributed by atoms with E-state index in [1.165, 1.54) is 18.3 Å². The van der Waals surface area contributed by atoms with E-state index in [0.717, 1.165) is 12.1 Å². The minimum absolute atomic E-state index is 0.103. The number of alkyl halides is 3. The van der Waals surface area contributed by atoms with Crippen molar-refractivity contribution in [3.63, 3.8) is 0 Å². The maximum absolute atomic E-state index is 12.6. The van der Waals surface area contributed by atoms with Gasteiger partial charge in [-0.25, -0.2) is 0 Å². The molecule has 1 aromatic carbocycles. The number of benzene rings is 1. The largest absolute Gasteiger partial charge is 0.416 e. The molecular weight excluding hydrogens is 277 g/mol. The SMILES string of the molecule is O=c1[nH]c(=S)[nH]cc1Cc1cccc(C(F)(F)F)c1. The normalized spacial score (nSPS) is 11.5. The molecule has 0 radical (unpaired) electrons.